The minimum Gasteiger partial charge on any atom is -0.427 e. The number of nitriles is 1. The molecule has 0 aliphatic heterocycles. The fourth-order valence-corrected chi connectivity index (χ4v) is 7.63. The Morgan fingerprint density at radius 2 is 1.58 bits per heavy atom. The predicted molar refractivity (Wildman–Crippen MR) is 154 cm³/mol. The van der Waals surface area contributed by atoms with Crippen molar-refractivity contribution in [2.75, 3.05) is 13.2 Å². The molecule has 0 fully saturated rings. The third-order valence-electron chi connectivity index (χ3n) is 5.51. The van der Waals surface area contributed by atoms with Crippen LogP contribution in [-0.4, -0.2) is 45.9 Å². The minimum absolute atomic E-state index is 0.269. The minimum atomic E-state index is -1.25. The van der Waals surface area contributed by atoms with Gasteiger partial charge in [0, 0.05) is 25.1 Å². The standard InChI is InChI=1S/C27H31N4O4PS2/c1-17(2)31(18(3)4)36(33-13-6-12-28)34-14-11-20-7-9-22-24(15-20)37-26(29-22)27-30-23-10-8-21(35-19(5)32)16-25(23)38-27/h7-10,15-18H,6,11,13-14H2,1-5H3. The number of aromatic nitrogens is 2. The number of nitrogens with zero attached hydrogens (tertiary/aromatic N) is 4. The van der Waals surface area contributed by atoms with Gasteiger partial charge in [-0.25, -0.2) is 14.6 Å². The van der Waals surface area contributed by atoms with E-state index in [2.05, 4.69) is 50.6 Å². The maximum absolute atomic E-state index is 11.3. The Labute approximate surface area is 232 Å². The van der Waals surface area contributed by atoms with Gasteiger partial charge >= 0.3 is 5.97 Å². The van der Waals surface area contributed by atoms with Gasteiger partial charge in [0.1, 0.15) is 5.75 Å². The predicted octanol–water partition coefficient (Wildman–Crippen LogP) is 7.33. The molecule has 2 heterocycles. The number of rotatable bonds is 12. The summed E-state index contributed by atoms with van der Waals surface area (Å²) in [5, 5.41) is 10.6. The van der Waals surface area contributed by atoms with E-state index in [4.69, 9.17) is 29.0 Å². The topological polar surface area (TPSA) is 97.6 Å². The zero-order chi connectivity index (χ0) is 27.2. The van der Waals surface area contributed by atoms with Crippen molar-refractivity contribution in [1.29, 1.82) is 5.26 Å². The van der Waals surface area contributed by atoms with Crippen LogP contribution in [-0.2, 0) is 20.3 Å². The van der Waals surface area contributed by atoms with Gasteiger partial charge in [-0.05, 0) is 63.9 Å². The largest absolute Gasteiger partial charge is 0.427 e. The number of carbonyl (C=O) groups is 1. The monoisotopic (exact) mass is 570 g/mol. The number of ether oxygens (including phenoxy) is 1. The molecular formula is C27H31N4O4PS2. The van der Waals surface area contributed by atoms with Crippen molar-refractivity contribution in [3.8, 4) is 21.8 Å². The molecule has 0 saturated carbocycles. The average Bonchev–Trinajstić information content (AvgIpc) is 3.46. The van der Waals surface area contributed by atoms with Crippen LogP contribution >= 0.6 is 31.2 Å². The molecule has 0 saturated heterocycles. The first-order valence-electron chi connectivity index (χ1n) is 12.4. The lowest BCUT2D eigenvalue weighted by Crippen LogP contribution is -2.33. The van der Waals surface area contributed by atoms with Crippen LogP contribution in [0.5, 0.6) is 5.75 Å². The number of fused-ring (bicyclic) bond motifs is 2. The van der Waals surface area contributed by atoms with Gasteiger partial charge in [0.25, 0.3) is 8.53 Å². The maximum Gasteiger partial charge on any atom is 0.308 e. The molecule has 0 aliphatic carbocycles. The second-order valence-electron chi connectivity index (χ2n) is 9.19. The van der Waals surface area contributed by atoms with Crippen molar-refractivity contribution >= 4 is 57.6 Å². The number of carbonyl (C=O) groups excluding carboxylic acids is 1. The summed E-state index contributed by atoms with van der Waals surface area (Å²) in [5.74, 6) is 0.169. The fraction of sp³-hybridized carbons (Fsp3) is 0.407. The Morgan fingerprint density at radius 3 is 2.18 bits per heavy atom. The van der Waals surface area contributed by atoms with E-state index in [-0.39, 0.29) is 18.1 Å². The van der Waals surface area contributed by atoms with Gasteiger partial charge in [-0.1, -0.05) is 6.07 Å². The average molecular weight is 571 g/mol. The van der Waals surface area contributed by atoms with E-state index in [9.17, 15) is 4.79 Å². The summed E-state index contributed by atoms with van der Waals surface area (Å²) in [4.78, 5) is 20.8. The van der Waals surface area contributed by atoms with E-state index in [1.54, 1.807) is 17.4 Å². The van der Waals surface area contributed by atoms with Crippen LogP contribution in [0.15, 0.2) is 36.4 Å². The molecule has 2 aromatic heterocycles. The van der Waals surface area contributed by atoms with Gasteiger partial charge in [-0.15, -0.1) is 22.7 Å². The first kappa shape index (κ1) is 28.5. The molecule has 4 rings (SSSR count). The highest BCUT2D eigenvalue weighted by molar-refractivity contribution is 7.44. The molecule has 0 N–H and O–H groups in total. The molecule has 0 bridgehead atoms. The third-order valence-corrected chi connectivity index (χ3v) is 9.80. The van der Waals surface area contributed by atoms with Crippen molar-refractivity contribution in [2.45, 2.75) is 59.5 Å². The summed E-state index contributed by atoms with van der Waals surface area (Å²) in [5.41, 5.74) is 2.95. The lowest BCUT2D eigenvalue weighted by Gasteiger charge is -2.35. The van der Waals surface area contributed by atoms with Crippen molar-refractivity contribution in [1.82, 2.24) is 14.6 Å². The number of benzene rings is 2. The van der Waals surface area contributed by atoms with Gasteiger partial charge in [-0.3, -0.25) is 4.79 Å². The van der Waals surface area contributed by atoms with Crippen LogP contribution in [0.2, 0.25) is 0 Å². The summed E-state index contributed by atoms with van der Waals surface area (Å²) < 4.78 is 21.7. The number of hydrogen-bond acceptors (Lipinski definition) is 10. The summed E-state index contributed by atoms with van der Waals surface area (Å²) in [6, 6.07) is 14.4. The molecule has 200 valence electrons. The van der Waals surface area contributed by atoms with Crippen molar-refractivity contribution in [3.63, 3.8) is 0 Å². The molecule has 38 heavy (non-hydrogen) atoms. The molecule has 4 aromatic rings. The quantitative estimate of drug-likeness (QED) is 0.0756. The number of thiazole rings is 2. The SMILES string of the molecule is CC(=O)Oc1ccc2nc(-c3nc4ccc(CCOP(OCCC#N)N(C(C)C)C(C)C)cc4s3)sc2c1. The molecule has 8 nitrogen and oxygen atoms in total. The van der Waals surface area contributed by atoms with E-state index >= 15 is 0 Å². The van der Waals surface area contributed by atoms with Crippen LogP contribution in [0.3, 0.4) is 0 Å². The molecule has 11 heteroatoms. The molecule has 0 radical (unpaired) electrons. The maximum atomic E-state index is 11.3. The van der Waals surface area contributed by atoms with Gasteiger partial charge in [0.05, 0.1) is 46.1 Å². The highest BCUT2D eigenvalue weighted by Gasteiger charge is 2.27. The number of esters is 1. The summed E-state index contributed by atoms with van der Waals surface area (Å²) in [6.45, 7) is 10.8. The van der Waals surface area contributed by atoms with Crippen LogP contribution in [0, 0.1) is 11.3 Å². The second kappa shape index (κ2) is 13.0. The molecule has 2 aromatic carbocycles. The Kier molecular flexibility index (Phi) is 9.77. The molecule has 1 atom stereocenters. The van der Waals surface area contributed by atoms with Gasteiger partial charge in [0.2, 0.25) is 0 Å². The normalized spacial score (nSPS) is 12.6. The van der Waals surface area contributed by atoms with Crippen molar-refractivity contribution < 1.29 is 18.6 Å². The second-order valence-corrected chi connectivity index (χ2v) is 12.7. The lowest BCUT2D eigenvalue weighted by atomic mass is 10.1. The van der Waals surface area contributed by atoms with Crippen molar-refractivity contribution in [2.24, 2.45) is 0 Å². The van der Waals surface area contributed by atoms with E-state index in [1.165, 1.54) is 18.3 Å². The van der Waals surface area contributed by atoms with Crippen LogP contribution in [0.4, 0.5) is 0 Å². The van der Waals surface area contributed by atoms with Gasteiger partial charge in [-0.2, -0.15) is 5.26 Å². The highest BCUT2D eigenvalue weighted by Crippen LogP contribution is 2.46. The van der Waals surface area contributed by atoms with Crippen LogP contribution in [0.1, 0.15) is 46.6 Å². The highest BCUT2D eigenvalue weighted by atomic mass is 32.1. The third kappa shape index (κ3) is 7.11. The Balaban J connectivity index is 1.46. The first-order valence-corrected chi connectivity index (χ1v) is 15.2. The van der Waals surface area contributed by atoms with Crippen LogP contribution in [0.25, 0.3) is 30.4 Å². The zero-order valence-electron chi connectivity index (χ0n) is 22.1. The van der Waals surface area contributed by atoms with E-state index in [0.717, 1.165) is 42.4 Å². The van der Waals surface area contributed by atoms with E-state index in [1.807, 2.05) is 18.2 Å². The fourth-order valence-electron chi connectivity index (χ4n) is 4.00. The first-order chi connectivity index (χ1) is 18.2. The molecule has 0 spiro atoms. The van der Waals surface area contributed by atoms with E-state index in [0.29, 0.717) is 25.4 Å². The van der Waals surface area contributed by atoms with Gasteiger partial charge < -0.3 is 13.8 Å². The van der Waals surface area contributed by atoms with Crippen molar-refractivity contribution in [3.05, 3.63) is 42.0 Å². The molecular weight excluding hydrogens is 539 g/mol. The summed E-state index contributed by atoms with van der Waals surface area (Å²) in [6.07, 6.45) is 1.09. The lowest BCUT2D eigenvalue weighted by molar-refractivity contribution is -0.131. The smallest absolute Gasteiger partial charge is 0.308 e. The van der Waals surface area contributed by atoms with Crippen LogP contribution < -0.4 is 4.74 Å². The summed E-state index contributed by atoms with van der Waals surface area (Å²) >= 11 is 3.14. The van der Waals surface area contributed by atoms with E-state index < -0.39 is 8.53 Å². The van der Waals surface area contributed by atoms with Gasteiger partial charge in [0.15, 0.2) is 10.0 Å². The number of hydrogen-bond donors (Lipinski definition) is 0. The molecule has 1 unspecified atom stereocenters. The zero-order valence-corrected chi connectivity index (χ0v) is 24.7. The Morgan fingerprint density at radius 1 is 0.974 bits per heavy atom. The summed E-state index contributed by atoms with van der Waals surface area (Å²) in [7, 11) is -1.25. The molecule has 0 aliphatic rings. The Hall–Kier alpha value is -2.51. The Bertz CT molecular complexity index is 1440. The molecule has 0 amide bonds.